The first-order valence-electron chi connectivity index (χ1n) is 8.14. The summed E-state index contributed by atoms with van der Waals surface area (Å²) in [6.07, 6.45) is 1.72. The zero-order chi connectivity index (χ0) is 17.8. The van der Waals surface area contributed by atoms with Crippen molar-refractivity contribution in [3.63, 3.8) is 0 Å². The summed E-state index contributed by atoms with van der Waals surface area (Å²) >= 11 is 0. The first-order valence-corrected chi connectivity index (χ1v) is 8.14. The number of carbonyl (C=O) groups is 3. The topological polar surface area (TPSA) is 85.5 Å². The maximum absolute atomic E-state index is 12.6. The van der Waals surface area contributed by atoms with E-state index in [0.29, 0.717) is 43.1 Å². The third-order valence-electron chi connectivity index (χ3n) is 4.13. The van der Waals surface area contributed by atoms with Crippen LogP contribution >= 0.6 is 0 Å². The molecule has 7 nitrogen and oxygen atoms in total. The van der Waals surface area contributed by atoms with Gasteiger partial charge in [-0.2, -0.15) is 0 Å². The van der Waals surface area contributed by atoms with Crippen molar-refractivity contribution in [3.8, 4) is 0 Å². The van der Waals surface area contributed by atoms with Crippen molar-refractivity contribution < 1.29 is 14.4 Å². The molecule has 3 amide bonds. The molecule has 7 heteroatoms. The normalized spacial score (nSPS) is 14.3. The largest absolute Gasteiger partial charge is 0.357 e. The van der Waals surface area contributed by atoms with Crippen molar-refractivity contribution in [2.75, 3.05) is 31.5 Å². The predicted molar refractivity (Wildman–Crippen MR) is 93.3 cm³/mol. The highest BCUT2D eigenvalue weighted by Crippen LogP contribution is 2.14. The van der Waals surface area contributed by atoms with Crippen LogP contribution in [-0.4, -0.2) is 58.7 Å². The van der Waals surface area contributed by atoms with Gasteiger partial charge in [0.05, 0.1) is 0 Å². The van der Waals surface area contributed by atoms with Crippen LogP contribution in [0.5, 0.6) is 0 Å². The van der Waals surface area contributed by atoms with E-state index in [-0.39, 0.29) is 17.7 Å². The van der Waals surface area contributed by atoms with E-state index < -0.39 is 0 Å². The van der Waals surface area contributed by atoms with Crippen molar-refractivity contribution >= 4 is 23.4 Å². The molecule has 0 aliphatic carbocycles. The Bertz CT molecular complexity index is 760. The van der Waals surface area contributed by atoms with Gasteiger partial charge in [0.2, 0.25) is 5.91 Å². The number of nitrogens with zero attached hydrogens (tertiary/aromatic N) is 2. The molecule has 1 fully saturated rings. The molecule has 0 bridgehead atoms. The number of piperazine rings is 1. The second-order valence-electron chi connectivity index (χ2n) is 5.93. The average Bonchev–Trinajstić information content (AvgIpc) is 3.15. The molecule has 2 N–H and O–H groups in total. The number of hydrogen-bond acceptors (Lipinski definition) is 3. The van der Waals surface area contributed by atoms with E-state index in [4.69, 9.17) is 0 Å². The van der Waals surface area contributed by atoms with Gasteiger partial charge >= 0.3 is 0 Å². The number of aromatic nitrogens is 1. The number of rotatable bonds is 3. The molecule has 0 saturated carbocycles. The molecule has 2 aromatic rings. The van der Waals surface area contributed by atoms with E-state index in [9.17, 15) is 14.4 Å². The van der Waals surface area contributed by atoms with Gasteiger partial charge in [-0.3, -0.25) is 14.4 Å². The Balaban J connectivity index is 1.58. The lowest BCUT2D eigenvalue weighted by Crippen LogP contribution is -2.50. The summed E-state index contributed by atoms with van der Waals surface area (Å²) in [5.41, 5.74) is 1.79. The molecule has 1 aromatic carbocycles. The number of aromatic amines is 1. The number of benzene rings is 1. The van der Waals surface area contributed by atoms with Gasteiger partial charge in [0.25, 0.3) is 11.8 Å². The van der Waals surface area contributed by atoms with E-state index in [1.54, 1.807) is 52.4 Å². The van der Waals surface area contributed by atoms with E-state index in [1.165, 1.54) is 6.92 Å². The lowest BCUT2D eigenvalue weighted by Gasteiger charge is -2.34. The monoisotopic (exact) mass is 340 g/mol. The highest BCUT2D eigenvalue weighted by Gasteiger charge is 2.25. The lowest BCUT2D eigenvalue weighted by atomic mass is 10.1. The van der Waals surface area contributed by atoms with Crippen molar-refractivity contribution in [1.82, 2.24) is 14.8 Å². The summed E-state index contributed by atoms with van der Waals surface area (Å²) in [4.78, 5) is 42.3. The molecular formula is C18H20N4O3. The Hall–Kier alpha value is -3.09. The maximum atomic E-state index is 12.6. The van der Waals surface area contributed by atoms with Gasteiger partial charge in [0, 0.05) is 50.6 Å². The van der Waals surface area contributed by atoms with Crippen LogP contribution in [0.25, 0.3) is 0 Å². The van der Waals surface area contributed by atoms with E-state index in [0.717, 1.165) is 0 Å². The maximum Gasteiger partial charge on any atom is 0.270 e. The van der Waals surface area contributed by atoms with Crippen LogP contribution in [0.4, 0.5) is 5.69 Å². The minimum Gasteiger partial charge on any atom is -0.357 e. The lowest BCUT2D eigenvalue weighted by molar-refractivity contribution is -0.114. The molecule has 2 heterocycles. The average molecular weight is 340 g/mol. The van der Waals surface area contributed by atoms with Gasteiger partial charge in [-0.05, 0) is 36.4 Å². The van der Waals surface area contributed by atoms with Gasteiger partial charge in [-0.25, -0.2) is 0 Å². The molecule has 1 saturated heterocycles. The fraction of sp³-hybridized carbons (Fsp3) is 0.278. The number of amides is 3. The molecule has 1 aliphatic heterocycles. The molecule has 0 spiro atoms. The summed E-state index contributed by atoms with van der Waals surface area (Å²) in [7, 11) is 0. The standard InChI is InChI=1S/C18H20N4O3/c1-13(23)20-15-6-4-14(5-7-15)17(24)21-9-11-22(12-10-21)18(25)16-3-2-8-19-16/h2-8,19H,9-12H2,1H3,(H,20,23). The van der Waals surface area contributed by atoms with E-state index >= 15 is 0 Å². The minimum absolute atomic E-state index is 0.0447. The first kappa shape index (κ1) is 16.8. The summed E-state index contributed by atoms with van der Waals surface area (Å²) in [5.74, 6) is -0.264. The van der Waals surface area contributed by atoms with Crippen molar-refractivity contribution in [1.29, 1.82) is 0 Å². The fourth-order valence-corrected chi connectivity index (χ4v) is 2.83. The molecule has 0 unspecified atom stereocenters. The molecule has 1 aliphatic rings. The van der Waals surface area contributed by atoms with Gasteiger partial charge in [0.15, 0.2) is 0 Å². The molecular weight excluding hydrogens is 320 g/mol. The van der Waals surface area contributed by atoms with Crippen LogP contribution in [0.2, 0.25) is 0 Å². The zero-order valence-electron chi connectivity index (χ0n) is 14.0. The number of nitrogens with one attached hydrogen (secondary N) is 2. The SMILES string of the molecule is CC(=O)Nc1ccc(C(=O)N2CCN(C(=O)c3ccc[nH]3)CC2)cc1. The zero-order valence-corrected chi connectivity index (χ0v) is 14.0. The van der Waals surface area contributed by atoms with Crippen LogP contribution in [0, 0.1) is 0 Å². The summed E-state index contributed by atoms with van der Waals surface area (Å²) in [6.45, 7) is 3.45. The quantitative estimate of drug-likeness (QED) is 0.889. The predicted octanol–water partition coefficient (Wildman–Crippen LogP) is 1.57. The third kappa shape index (κ3) is 3.88. The van der Waals surface area contributed by atoms with Crippen LogP contribution in [0.15, 0.2) is 42.6 Å². The van der Waals surface area contributed by atoms with E-state index in [2.05, 4.69) is 10.3 Å². The number of carbonyl (C=O) groups excluding carboxylic acids is 3. The van der Waals surface area contributed by atoms with Crippen LogP contribution in [0.3, 0.4) is 0 Å². The summed E-state index contributed by atoms with van der Waals surface area (Å²) in [6, 6.07) is 10.3. The highest BCUT2D eigenvalue weighted by atomic mass is 16.2. The highest BCUT2D eigenvalue weighted by molar-refractivity contribution is 5.96. The Morgan fingerprint density at radius 2 is 1.52 bits per heavy atom. The molecule has 1 aromatic heterocycles. The Labute approximate surface area is 145 Å². The van der Waals surface area contributed by atoms with Crippen LogP contribution in [0.1, 0.15) is 27.8 Å². The third-order valence-corrected chi connectivity index (χ3v) is 4.13. The number of hydrogen-bond donors (Lipinski definition) is 2. The van der Waals surface area contributed by atoms with Gasteiger partial charge in [-0.1, -0.05) is 0 Å². The molecule has 130 valence electrons. The molecule has 0 radical (unpaired) electrons. The Morgan fingerprint density at radius 3 is 2.04 bits per heavy atom. The van der Waals surface area contributed by atoms with Crippen molar-refractivity contribution in [2.24, 2.45) is 0 Å². The van der Waals surface area contributed by atoms with Crippen LogP contribution < -0.4 is 5.32 Å². The summed E-state index contributed by atoms with van der Waals surface area (Å²) < 4.78 is 0. The van der Waals surface area contributed by atoms with Crippen molar-refractivity contribution in [3.05, 3.63) is 53.9 Å². The van der Waals surface area contributed by atoms with Gasteiger partial charge in [0.1, 0.15) is 5.69 Å². The van der Waals surface area contributed by atoms with Crippen LogP contribution in [-0.2, 0) is 4.79 Å². The Kier molecular flexibility index (Phi) is 4.83. The summed E-state index contributed by atoms with van der Waals surface area (Å²) in [5, 5.41) is 2.67. The number of H-pyrrole nitrogens is 1. The number of anilines is 1. The Morgan fingerprint density at radius 1 is 0.920 bits per heavy atom. The minimum atomic E-state index is -0.151. The molecule has 0 atom stereocenters. The molecule has 25 heavy (non-hydrogen) atoms. The van der Waals surface area contributed by atoms with Crippen molar-refractivity contribution in [2.45, 2.75) is 6.92 Å². The van der Waals surface area contributed by atoms with Gasteiger partial charge < -0.3 is 20.1 Å². The molecule has 3 rings (SSSR count). The first-order chi connectivity index (χ1) is 12.0. The van der Waals surface area contributed by atoms with Gasteiger partial charge in [-0.15, -0.1) is 0 Å². The smallest absolute Gasteiger partial charge is 0.270 e. The van der Waals surface area contributed by atoms with E-state index in [1.807, 2.05) is 0 Å². The fourth-order valence-electron chi connectivity index (χ4n) is 2.83. The second kappa shape index (κ2) is 7.21. The second-order valence-corrected chi connectivity index (χ2v) is 5.93.